The number of carbonyl (C=O) groups is 2. The standard InChI is InChI=1S/C32H34O10/c1-16-10-18-12-19(28(34)40-21(18)11-17(16)2)20-14-38-22-13-23(39-15-37-9)27(41-30(36)31(3,4)5)25(24(22)26(20)33)29(35)42-32(6,7)8/h10-14H,15H2,1-9H3. The molecule has 0 atom stereocenters. The number of aryl methyl sites for hydroxylation is 2. The zero-order valence-corrected chi connectivity index (χ0v) is 25.2. The summed E-state index contributed by atoms with van der Waals surface area (Å²) < 4.78 is 33.3. The number of fused-ring (bicyclic) bond motifs is 2. The fraction of sp³-hybridized carbons (Fsp3) is 0.375. The van der Waals surface area contributed by atoms with Crippen LogP contribution in [0.4, 0.5) is 0 Å². The first kappa shape index (κ1) is 30.5. The number of benzene rings is 2. The van der Waals surface area contributed by atoms with Gasteiger partial charge in [0.15, 0.2) is 18.3 Å². The highest BCUT2D eigenvalue weighted by molar-refractivity contribution is 6.08. The zero-order valence-electron chi connectivity index (χ0n) is 25.2. The molecule has 0 radical (unpaired) electrons. The number of ether oxygens (including phenoxy) is 4. The van der Waals surface area contributed by atoms with E-state index in [9.17, 15) is 19.2 Å². The van der Waals surface area contributed by atoms with Crippen molar-refractivity contribution in [1.82, 2.24) is 0 Å². The Labute approximate surface area is 242 Å². The molecular weight excluding hydrogens is 544 g/mol. The normalized spacial score (nSPS) is 12.0. The van der Waals surface area contributed by atoms with E-state index < -0.39 is 39.6 Å². The molecule has 0 aliphatic heterocycles. The molecule has 0 bridgehead atoms. The number of hydrogen-bond donors (Lipinski definition) is 0. The Hall–Kier alpha value is -4.44. The maximum absolute atomic E-state index is 14.1. The SMILES string of the molecule is COCOc1cc2occ(-c3cc4cc(C)c(C)cc4oc3=O)c(=O)c2c(C(=O)OC(C)(C)C)c1OC(=O)C(C)(C)C. The van der Waals surface area contributed by atoms with Crippen molar-refractivity contribution in [3.8, 4) is 22.6 Å². The first-order chi connectivity index (χ1) is 19.5. The van der Waals surface area contributed by atoms with Crippen LogP contribution in [0.1, 0.15) is 63.0 Å². The van der Waals surface area contributed by atoms with E-state index in [0.717, 1.165) is 17.4 Å². The van der Waals surface area contributed by atoms with Gasteiger partial charge < -0.3 is 27.8 Å². The summed E-state index contributed by atoms with van der Waals surface area (Å²) in [6.45, 7) is 13.4. The van der Waals surface area contributed by atoms with E-state index in [1.54, 1.807) is 47.6 Å². The van der Waals surface area contributed by atoms with Gasteiger partial charge in [0, 0.05) is 18.6 Å². The van der Waals surface area contributed by atoms with E-state index in [1.807, 2.05) is 19.9 Å². The summed E-state index contributed by atoms with van der Waals surface area (Å²) in [5, 5.41) is 0.338. The average molecular weight is 579 g/mol. The number of hydrogen-bond acceptors (Lipinski definition) is 10. The fourth-order valence-electron chi connectivity index (χ4n) is 4.10. The molecule has 2 aromatic carbocycles. The molecular formula is C32H34O10. The molecule has 222 valence electrons. The molecule has 4 aromatic rings. The van der Waals surface area contributed by atoms with Crippen molar-refractivity contribution >= 4 is 33.9 Å². The summed E-state index contributed by atoms with van der Waals surface area (Å²) in [4.78, 5) is 53.9. The summed E-state index contributed by atoms with van der Waals surface area (Å²) in [7, 11) is 1.39. The molecule has 10 heteroatoms. The van der Waals surface area contributed by atoms with Crippen LogP contribution in [0.5, 0.6) is 11.5 Å². The van der Waals surface area contributed by atoms with Gasteiger partial charge in [0.2, 0.25) is 5.43 Å². The zero-order chi connectivity index (χ0) is 31.1. The molecule has 0 amide bonds. The monoisotopic (exact) mass is 578 g/mol. The second kappa shape index (κ2) is 11.1. The highest BCUT2D eigenvalue weighted by atomic mass is 16.7. The van der Waals surface area contributed by atoms with Crippen LogP contribution in [0.15, 0.2) is 49.0 Å². The van der Waals surface area contributed by atoms with Gasteiger partial charge in [-0.3, -0.25) is 9.59 Å². The summed E-state index contributed by atoms with van der Waals surface area (Å²) in [6.07, 6.45) is 1.11. The van der Waals surface area contributed by atoms with Gasteiger partial charge in [-0.15, -0.1) is 0 Å². The van der Waals surface area contributed by atoms with Gasteiger partial charge in [0.25, 0.3) is 0 Å². The lowest BCUT2D eigenvalue weighted by Crippen LogP contribution is -2.29. The van der Waals surface area contributed by atoms with Crippen LogP contribution in [0.25, 0.3) is 33.1 Å². The van der Waals surface area contributed by atoms with E-state index in [-0.39, 0.29) is 40.4 Å². The third-order valence-corrected chi connectivity index (χ3v) is 6.37. The summed E-state index contributed by atoms with van der Waals surface area (Å²) in [6, 6.07) is 6.44. The summed E-state index contributed by atoms with van der Waals surface area (Å²) in [5.74, 6) is -2.09. The smallest absolute Gasteiger partial charge is 0.344 e. The lowest BCUT2D eigenvalue weighted by atomic mass is 9.97. The Kier molecular flexibility index (Phi) is 8.06. The van der Waals surface area contributed by atoms with Gasteiger partial charge in [0.1, 0.15) is 28.6 Å². The molecule has 4 rings (SSSR count). The van der Waals surface area contributed by atoms with Crippen LogP contribution < -0.4 is 20.5 Å². The maximum atomic E-state index is 14.1. The molecule has 42 heavy (non-hydrogen) atoms. The van der Waals surface area contributed by atoms with E-state index >= 15 is 0 Å². The second-order valence-corrected chi connectivity index (χ2v) is 12.0. The van der Waals surface area contributed by atoms with E-state index in [2.05, 4.69) is 0 Å². The number of rotatable bonds is 6. The quantitative estimate of drug-likeness (QED) is 0.115. The number of carbonyl (C=O) groups excluding carboxylic acids is 2. The fourth-order valence-corrected chi connectivity index (χ4v) is 4.10. The molecule has 2 aromatic heterocycles. The average Bonchev–Trinajstić information content (AvgIpc) is 2.87. The molecule has 0 spiro atoms. The Morgan fingerprint density at radius 2 is 1.55 bits per heavy atom. The van der Waals surface area contributed by atoms with E-state index in [1.165, 1.54) is 19.2 Å². The third-order valence-electron chi connectivity index (χ3n) is 6.37. The predicted molar refractivity (Wildman–Crippen MR) is 156 cm³/mol. The van der Waals surface area contributed by atoms with Crippen molar-refractivity contribution in [2.75, 3.05) is 13.9 Å². The minimum Gasteiger partial charge on any atom is -0.463 e. The van der Waals surface area contributed by atoms with Crippen molar-refractivity contribution in [3.05, 3.63) is 67.9 Å². The van der Waals surface area contributed by atoms with Crippen molar-refractivity contribution in [3.63, 3.8) is 0 Å². The molecule has 0 fully saturated rings. The van der Waals surface area contributed by atoms with Gasteiger partial charge in [0.05, 0.1) is 21.9 Å². The van der Waals surface area contributed by atoms with Crippen LogP contribution in [0.2, 0.25) is 0 Å². The van der Waals surface area contributed by atoms with Crippen molar-refractivity contribution in [2.45, 2.75) is 61.0 Å². The molecule has 0 aliphatic rings. The Balaban J connectivity index is 2.09. The van der Waals surface area contributed by atoms with Gasteiger partial charge in [-0.2, -0.15) is 0 Å². The van der Waals surface area contributed by atoms with Crippen molar-refractivity contribution in [1.29, 1.82) is 0 Å². The van der Waals surface area contributed by atoms with Crippen molar-refractivity contribution < 1.29 is 37.4 Å². The van der Waals surface area contributed by atoms with Gasteiger partial charge in [-0.1, -0.05) is 0 Å². The minimum atomic E-state index is -0.981. The number of methoxy groups -OCH3 is 1. The predicted octanol–water partition coefficient (Wildman–Crippen LogP) is 6.07. The minimum absolute atomic E-state index is 0.0653. The largest absolute Gasteiger partial charge is 0.463 e. The Bertz CT molecular complexity index is 1830. The topological polar surface area (TPSA) is 131 Å². The lowest BCUT2D eigenvalue weighted by Gasteiger charge is -2.23. The number of esters is 2. The van der Waals surface area contributed by atoms with E-state index in [4.69, 9.17) is 27.8 Å². The van der Waals surface area contributed by atoms with E-state index in [0.29, 0.717) is 11.0 Å². The molecule has 2 heterocycles. The summed E-state index contributed by atoms with van der Waals surface area (Å²) >= 11 is 0. The van der Waals surface area contributed by atoms with Crippen LogP contribution in [0, 0.1) is 19.3 Å². The highest BCUT2D eigenvalue weighted by Gasteiger charge is 2.34. The van der Waals surface area contributed by atoms with Crippen LogP contribution in [0.3, 0.4) is 0 Å². The first-order valence-electron chi connectivity index (χ1n) is 13.3. The molecule has 10 nitrogen and oxygen atoms in total. The van der Waals surface area contributed by atoms with Gasteiger partial charge >= 0.3 is 17.6 Å². The van der Waals surface area contributed by atoms with Gasteiger partial charge in [-0.25, -0.2) is 9.59 Å². The molecule has 0 saturated carbocycles. The molecule has 0 N–H and O–H groups in total. The summed E-state index contributed by atoms with van der Waals surface area (Å²) in [5.41, 5.74) is -1.87. The Morgan fingerprint density at radius 1 is 0.881 bits per heavy atom. The Morgan fingerprint density at radius 3 is 2.17 bits per heavy atom. The van der Waals surface area contributed by atoms with Crippen LogP contribution in [-0.4, -0.2) is 31.4 Å². The first-order valence-corrected chi connectivity index (χ1v) is 13.3. The highest BCUT2D eigenvalue weighted by Crippen LogP contribution is 2.40. The maximum Gasteiger partial charge on any atom is 0.344 e. The van der Waals surface area contributed by atoms with Crippen molar-refractivity contribution in [2.24, 2.45) is 5.41 Å². The molecule has 0 unspecified atom stereocenters. The third kappa shape index (κ3) is 6.08. The van der Waals surface area contributed by atoms with Crippen LogP contribution >= 0.6 is 0 Å². The second-order valence-electron chi connectivity index (χ2n) is 12.0. The lowest BCUT2D eigenvalue weighted by molar-refractivity contribution is -0.143. The van der Waals surface area contributed by atoms with Gasteiger partial charge in [-0.05, 0) is 84.7 Å². The van der Waals surface area contributed by atoms with Crippen LogP contribution in [-0.2, 0) is 14.3 Å². The molecule has 0 aliphatic carbocycles. The molecule has 0 saturated heterocycles.